The number of esters is 1. The van der Waals surface area contributed by atoms with Gasteiger partial charge in [-0.25, -0.2) is 9.78 Å². The highest BCUT2D eigenvalue weighted by atomic mass is 32.1. The first-order chi connectivity index (χ1) is 15.3. The summed E-state index contributed by atoms with van der Waals surface area (Å²) in [6.45, 7) is 5.03. The minimum absolute atomic E-state index is 0.189. The van der Waals surface area contributed by atoms with Crippen LogP contribution in [-0.2, 0) is 9.53 Å². The van der Waals surface area contributed by atoms with Gasteiger partial charge in [0.25, 0.3) is 17.5 Å². The van der Waals surface area contributed by atoms with Gasteiger partial charge >= 0.3 is 5.97 Å². The van der Waals surface area contributed by atoms with Crippen molar-refractivity contribution in [3.63, 3.8) is 0 Å². The largest absolute Gasteiger partial charge is 0.452 e. The average Bonchev–Trinajstić information content (AvgIpc) is 3.33. The van der Waals surface area contributed by atoms with Crippen molar-refractivity contribution >= 4 is 40.2 Å². The number of ether oxygens (including phenoxy) is 1. The number of thiophene rings is 1. The number of carbonyl (C=O) groups is 3. The van der Waals surface area contributed by atoms with Crippen molar-refractivity contribution in [3.05, 3.63) is 69.0 Å². The van der Waals surface area contributed by atoms with Gasteiger partial charge in [-0.05, 0) is 45.0 Å². The number of nitrogens with one attached hydrogen (secondary N) is 1. The molecule has 0 atom stereocenters. The van der Waals surface area contributed by atoms with E-state index in [0.717, 1.165) is 15.3 Å². The molecule has 32 heavy (non-hydrogen) atoms. The van der Waals surface area contributed by atoms with E-state index < -0.39 is 24.4 Å². The van der Waals surface area contributed by atoms with Crippen molar-refractivity contribution in [2.45, 2.75) is 20.8 Å². The van der Waals surface area contributed by atoms with Crippen molar-refractivity contribution in [1.82, 2.24) is 15.5 Å². The molecule has 0 aliphatic heterocycles. The van der Waals surface area contributed by atoms with Crippen LogP contribution in [0.1, 0.15) is 36.2 Å². The van der Waals surface area contributed by atoms with Crippen LogP contribution < -0.4 is 5.32 Å². The van der Waals surface area contributed by atoms with Gasteiger partial charge in [0.15, 0.2) is 6.61 Å². The van der Waals surface area contributed by atoms with Crippen molar-refractivity contribution < 1.29 is 23.6 Å². The number of imide groups is 1. The highest BCUT2D eigenvalue weighted by molar-refractivity contribution is 7.12. The van der Waals surface area contributed by atoms with Gasteiger partial charge in [0.1, 0.15) is 0 Å². The van der Waals surface area contributed by atoms with Crippen molar-refractivity contribution in [2.24, 2.45) is 0 Å². The van der Waals surface area contributed by atoms with E-state index in [2.05, 4.69) is 15.5 Å². The highest BCUT2D eigenvalue weighted by Crippen LogP contribution is 2.33. The predicted octanol–water partition coefficient (Wildman–Crippen LogP) is 3.99. The van der Waals surface area contributed by atoms with Crippen LogP contribution in [0, 0.1) is 20.8 Å². The third kappa shape index (κ3) is 4.28. The molecule has 0 aliphatic rings. The SMILES string of the molecule is Cc1cc(-c2cc(C(=O)OCC(=O)NC(=O)c3ccccc3)c3c(C)noc3n2)c(C)s1. The van der Waals surface area contributed by atoms with Gasteiger partial charge in [0.05, 0.1) is 22.3 Å². The van der Waals surface area contributed by atoms with E-state index in [4.69, 9.17) is 9.26 Å². The number of amides is 2. The maximum absolute atomic E-state index is 12.9. The molecule has 0 unspecified atom stereocenters. The number of aromatic nitrogens is 2. The number of hydrogen-bond acceptors (Lipinski definition) is 8. The molecule has 0 saturated heterocycles. The Labute approximate surface area is 187 Å². The molecule has 4 aromatic rings. The summed E-state index contributed by atoms with van der Waals surface area (Å²) in [4.78, 5) is 43.7. The first kappa shape index (κ1) is 21.4. The average molecular weight is 449 g/mol. The molecule has 0 aliphatic carbocycles. The van der Waals surface area contributed by atoms with E-state index in [1.54, 1.807) is 54.7 Å². The summed E-state index contributed by atoms with van der Waals surface area (Å²) in [5.41, 5.74) is 2.63. The lowest BCUT2D eigenvalue weighted by Gasteiger charge is -2.08. The minimum atomic E-state index is -0.739. The van der Waals surface area contributed by atoms with Crippen LogP contribution in [0.15, 0.2) is 47.0 Å². The molecule has 9 heteroatoms. The Kier molecular flexibility index (Phi) is 5.83. The van der Waals surface area contributed by atoms with E-state index in [-0.39, 0.29) is 11.3 Å². The Morgan fingerprint density at radius 3 is 2.53 bits per heavy atom. The molecule has 3 aromatic heterocycles. The molecule has 0 radical (unpaired) electrons. The molecule has 3 heterocycles. The Balaban J connectivity index is 1.55. The fourth-order valence-corrected chi connectivity index (χ4v) is 4.25. The number of aryl methyl sites for hydroxylation is 3. The number of pyridine rings is 1. The molecule has 4 rings (SSSR count). The number of hydrogen-bond donors (Lipinski definition) is 1. The zero-order valence-electron chi connectivity index (χ0n) is 17.6. The minimum Gasteiger partial charge on any atom is -0.452 e. The molecular formula is C23H19N3O5S. The Morgan fingerprint density at radius 2 is 1.84 bits per heavy atom. The summed E-state index contributed by atoms with van der Waals surface area (Å²) in [6, 6.07) is 11.9. The lowest BCUT2D eigenvalue weighted by molar-refractivity contribution is -0.123. The number of carbonyl (C=O) groups excluding carboxylic acids is 3. The van der Waals surface area contributed by atoms with Crippen LogP contribution in [0.3, 0.4) is 0 Å². The van der Waals surface area contributed by atoms with Gasteiger partial charge in [-0.3, -0.25) is 14.9 Å². The van der Waals surface area contributed by atoms with E-state index >= 15 is 0 Å². The van der Waals surface area contributed by atoms with E-state index in [1.807, 2.05) is 19.9 Å². The van der Waals surface area contributed by atoms with E-state index in [1.165, 1.54) is 0 Å². The second-order valence-corrected chi connectivity index (χ2v) is 8.61. The van der Waals surface area contributed by atoms with Crippen LogP contribution >= 0.6 is 11.3 Å². The maximum Gasteiger partial charge on any atom is 0.339 e. The Morgan fingerprint density at radius 1 is 1.09 bits per heavy atom. The molecule has 0 spiro atoms. The second kappa shape index (κ2) is 8.72. The fraction of sp³-hybridized carbons (Fsp3) is 0.174. The maximum atomic E-state index is 12.9. The second-order valence-electron chi connectivity index (χ2n) is 7.15. The van der Waals surface area contributed by atoms with Crippen LogP contribution in [0.4, 0.5) is 0 Å². The third-order valence-corrected chi connectivity index (χ3v) is 5.74. The lowest BCUT2D eigenvalue weighted by Crippen LogP contribution is -2.34. The normalized spacial score (nSPS) is 10.8. The first-order valence-electron chi connectivity index (χ1n) is 9.74. The fourth-order valence-electron chi connectivity index (χ4n) is 3.31. The molecule has 1 N–H and O–H groups in total. The lowest BCUT2D eigenvalue weighted by atomic mass is 10.1. The standard InChI is InChI=1S/C23H19N3O5S/c1-12-9-16(14(3)32-12)18-10-17(20-13(2)26-31-22(20)24-18)23(29)30-11-19(27)25-21(28)15-7-5-4-6-8-15/h4-10H,11H2,1-3H3,(H,25,27,28). The Hall–Kier alpha value is -3.85. The number of rotatable bonds is 5. The van der Waals surface area contributed by atoms with E-state index in [9.17, 15) is 14.4 Å². The number of benzene rings is 1. The molecule has 2 amide bonds. The van der Waals surface area contributed by atoms with Crippen molar-refractivity contribution in [1.29, 1.82) is 0 Å². The third-order valence-electron chi connectivity index (χ3n) is 4.78. The zero-order valence-corrected chi connectivity index (χ0v) is 18.4. The summed E-state index contributed by atoms with van der Waals surface area (Å²) in [5.74, 6) is -2.04. The van der Waals surface area contributed by atoms with Gasteiger partial charge < -0.3 is 9.26 Å². The van der Waals surface area contributed by atoms with Crippen LogP contribution in [-0.4, -0.2) is 34.5 Å². The number of fused-ring (bicyclic) bond motifs is 1. The van der Waals surface area contributed by atoms with Crippen LogP contribution in [0.5, 0.6) is 0 Å². The summed E-state index contributed by atoms with van der Waals surface area (Å²) in [6.07, 6.45) is 0. The molecular weight excluding hydrogens is 430 g/mol. The van der Waals surface area contributed by atoms with Gasteiger partial charge in [-0.1, -0.05) is 23.4 Å². The van der Waals surface area contributed by atoms with Gasteiger partial charge in [0.2, 0.25) is 0 Å². The van der Waals surface area contributed by atoms with Crippen LogP contribution in [0.25, 0.3) is 22.4 Å². The predicted molar refractivity (Wildman–Crippen MR) is 119 cm³/mol. The highest BCUT2D eigenvalue weighted by Gasteiger charge is 2.22. The smallest absolute Gasteiger partial charge is 0.339 e. The van der Waals surface area contributed by atoms with Crippen molar-refractivity contribution in [3.8, 4) is 11.3 Å². The first-order valence-corrected chi connectivity index (χ1v) is 10.6. The summed E-state index contributed by atoms with van der Waals surface area (Å²) in [5, 5.41) is 6.52. The Bertz CT molecular complexity index is 1340. The topological polar surface area (TPSA) is 111 Å². The summed E-state index contributed by atoms with van der Waals surface area (Å²) in [7, 11) is 0. The van der Waals surface area contributed by atoms with Crippen molar-refractivity contribution in [2.75, 3.05) is 6.61 Å². The summed E-state index contributed by atoms with van der Waals surface area (Å²) >= 11 is 1.62. The zero-order chi connectivity index (χ0) is 22.8. The van der Waals surface area contributed by atoms with Gasteiger partial charge in [-0.2, -0.15) is 0 Å². The molecule has 1 aromatic carbocycles. The molecule has 0 fully saturated rings. The molecule has 8 nitrogen and oxygen atoms in total. The molecule has 0 bridgehead atoms. The van der Waals surface area contributed by atoms with Gasteiger partial charge in [0, 0.05) is 20.9 Å². The molecule has 162 valence electrons. The summed E-state index contributed by atoms with van der Waals surface area (Å²) < 4.78 is 10.5. The van der Waals surface area contributed by atoms with Crippen LogP contribution in [0.2, 0.25) is 0 Å². The van der Waals surface area contributed by atoms with E-state index in [0.29, 0.717) is 22.3 Å². The molecule has 0 saturated carbocycles. The van der Waals surface area contributed by atoms with Gasteiger partial charge in [-0.15, -0.1) is 11.3 Å². The number of nitrogens with zero attached hydrogens (tertiary/aromatic N) is 2. The monoisotopic (exact) mass is 449 g/mol. The quantitative estimate of drug-likeness (QED) is 0.459.